The van der Waals surface area contributed by atoms with Crippen molar-refractivity contribution in [3.8, 4) is 5.75 Å². The van der Waals surface area contributed by atoms with E-state index in [0.717, 1.165) is 12.3 Å². The van der Waals surface area contributed by atoms with Crippen LogP contribution in [-0.2, 0) is 18.0 Å². The number of aromatic nitrogens is 1. The average molecular weight is 583 g/mol. The molecule has 1 unspecified atom stereocenters. The Kier molecular flexibility index (Phi) is 8.32. The Balaban J connectivity index is 1.61. The van der Waals surface area contributed by atoms with Crippen molar-refractivity contribution in [2.24, 2.45) is 5.16 Å². The van der Waals surface area contributed by atoms with Crippen LogP contribution in [0.3, 0.4) is 0 Å². The van der Waals surface area contributed by atoms with Crippen LogP contribution in [0.4, 0.5) is 13.2 Å². The second-order valence-corrected chi connectivity index (χ2v) is 10.3. The van der Waals surface area contributed by atoms with Crippen LogP contribution in [-0.4, -0.2) is 52.4 Å². The normalized spacial score (nSPS) is 21.5. The first-order valence-corrected chi connectivity index (χ1v) is 13.4. The fourth-order valence-corrected chi connectivity index (χ4v) is 5.02. The molecule has 42 heavy (non-hydrogen) atoms. The third-order valence-corrected chi connectivity index (χ3v) is 7.43. The number of amides is 2. The van der Waals surface area contributed by atoms with Gasteiger partial charge >= 0.3 is 0 Å². The first-order chi connectivity index (χ1) is 20.2. The number of ether oxygens (including phenoxy) is 1. The minimum atomic E-state index is -1.74. The highest BCUT2D eigenvalue weighted by Crippen LogP contribution is 2.33. The summed E-state index contributed by atoms with van der Waals surface area (Å²) in [6.07, 6.45) is -0.198. The smallest absolute Gasteiger partial charge is 0.274 e. The zero-order valence-corrected chi connectivity index (χ0v) is 23.0. The molecule has 2 bridgehead atoms. The van der Waals surface area contributed by atoms with Crippen LogP contribution in [0.25, 0.3) is 0 Å². The molecule has 0 saturated heterocycles. The summed E-state index contributed by atoms with van der Waals surface area (Å²) in [5.41, 5.74) is -0.789. The van der Waals surface area contributed by atoms with Crippen molar-refractivity contribution in [3.63, 3.8) is 0 Å². The van der Waals surface area contributed by atoms with Crippen molar-refractivity contribution in [2.45, 2.75) is 51.7 Å². The number of fused-ring (bicyclic) bond motifs is 4. The van der Waals surface area contributed by atoms with Crippen LogP contribution in [0, 0.1) is 11.6 Å². The maximum Gasteiger partial charge on any atom is 0.274 e. The number of hydrogen-bond acceptors (Lipinski definition) is 6. The zero-order valence-electron chi connectivity index (χ0n) is 23.0. The van der Waals surface area contributed by atoms with E-state index in [4.69, 9.17) is 9.57 Å². The minimum absolute atomic E-state index is 0.00818. The van der Waals surface area contributed by atoms with Crippen LogP contribution >= 0.6 is 0 Å². The van der Waals surface area contributed by atoms with Crippen molar-refractivity contribution in [1.29, 1.82) is 0 Å². The molecule has 9 nitrogen and oxygen atoms in total. The lowest BCUT2D eigenvalue weighted by atomic mass is 9.99. The van der Waals surface area contributed by atoms with E-state index in [0.29, 0.717) is 18.1 Å². The summed E-state index contributed by atoms with van der Waals surface area (Å²) < 4.78 is 50.6. The number of nitrogens with zero attached hydrogens (tertiary/aromatic N) is 3. The summed E-state index contributed by atoms with van der Waals surface area (Å²) in [5, 5.41) is 6.34. The zero-order chi connectivity index (χ0) is 30.0. The number of benzene rings is 2. The monoisotopic (exact) mass is 582 g/mol. The van der Waals surface area contributed by atoms with Gasteiger partial charge in [0.1, 0.15) is 30.4 Å². The van der Waals surface area contributed by atoms with Crippen LogP contribution in [0.1, 0.15) is 58.3 Å². The molecule has 0 radical (unpaired) electrons. The van der Waals surface area contributed by atoms with Crippen LogP contribution in [0.5, 0.6) is 5.75 Å². The maximum absolute atomic E-state index is 15.9. The van der Waals surface area contributed by atoms with E-state index in [9.17, 15) is 23.2 Å². The highest BCUT2D eigenvalue weighted by molar-refractivity contribution is 5.99. The number of rotatable bonds is 6. The molecule has 3 atom stereocenters. The molecule has 2 aromatic carbocycles. The van der Waals surface area contributed by atoms with Crippen molar-refractivity contribution in [2.75, 3.05) is 13.2 Å². The third-order valence-electron chi connectivity index (χ3n) is 7.43. The first-order valence-electron chi connectivity index (χ1n) is 13.4. The van der Waals surface area contributed by atoms with Gasteiger partial charge in [-0.3, -0.25) is 14.4 Å². The number of hydrogen-bond donors (Lipinski definition) is 1. The molecule has 2 aliphatic rings. The molecule has 12 heteroatoms. The lowest BCUT2D eigenvalue weighted by Gasteiger charge is -2.41. The van der Waals surface area contributed by atoms with Crippen molar-refractivity contribution in [1.82, 2.24) is 14.8 Å². The number of carbonyl (C=O) groups is 2. The fraction of sp³-hybridized carbons (Fsp3) is 0.333. The van der Waals surface area contributed by atoms with Gasteiger partial charge in [0.15, 0.2) is 17.6 Å². The van der Waals surface area contributed by atoms with E-state index in [1.165, 1.54) is 22.5 Å². The standard InChI is InChI=1S/C30H29F3N4O5/c1-17-10-11-42-35-18(2)25(33)24-15-36(17)30(40)26-28(41-16-19-6-4-3-5-7-19)27(38)22(14-37(24)26)29(39)34-13-20-8-9-21(31)12-23(20)32/h3-9,12,14,17,24-25H,10-11,13,15-16H2,1-2H3,(H,34,39)/b35-18-/t17-,24+,25?/m0/s1. The molecule has 0 fully saturated rings. The Morgan fingerprint density at radius 2 is 1.93 bits per heavy atom. The summed E-state index contributed by atoms with van der Waals surface area (Å²) in [6.45, 7) is 2.90. The number of oxime groups is 1. The van der Waals surface area contributed by atoms with Crippen molar-refractivity contribution in [3.05, 3.63) is 99.0 Å². The number of nitrogens with one attached hydrogen (secondary N) is 1. The molecule has 3 aromatic rings. The van der Waals surface area contributed by atoms with E-state index < -0.39 is 52.4 Å². The topological polar surface area (TPSA) is 102 Å². The summed E-state index contributed by atoms with van der Waals surface area (Å²) in [6, 6.07) is 10.3. The molecule has 2 aliphatic heterocycles. The fourth-order valence-electron chi connectivity index (χ4n) is 5.02. The van der Waals surface area contributed by atoms with Gasteiger partial charge in [-0.25, -0.2) is 13.2 Å². The summed E-state index contributed by atoms with van der Waals surface area (Å²) in [4.78, 5) is 47.6. The lowest BCUT2D eigenvalue weighted by Crippen LogP contribution is -2.52. The van der Waals surface area contributed by atoms with Crippen LogP contribution < -0.4 is 15.5 Å². The minimum Gasteiger partial charge on any atom is -0.483 e. The molecule has 1 N–H and O–H groups in total. The van der Waals surface area contributed by atoms with Gasteiger partial charge in [0.25, 0.3) is 11.8 Å². The van der Waals surface area contributed by atoms with E-state index in [2.05, 4.69) is 10.5 Å². The van der Waals surface area contributed by atoms with Gasteiger partial charge in [-0.1, -0.05) is 41.6 Å². The molecular formula is C30H29F3N4O5. The molecule has 0 aliphatic carbocycles. The first kappa shape index (κ1) is 28.9. The molecule has 5 rings (SSSR count). The largest absolute Gasteiger partial charge is 0.483 e. The number of halogens is 3. The number of alkyl halides is 1. The second kappa shape index (κ2) is 12.1. The molecule has 0 spiro atoms. The van der Waals surface area contributed by atoms with Crippen LogP contribution in [0.15, 0.2) is 64.7 Å². The van der Waals surface area contributed by atoms with Gasteiger partial charge in [0.05, 0.1) is 11.8 Å². The maximum atomic E-state index is 15.9. The Morgan fingerprint density at radius 3 is 2.67 bits per heavy atom. The third kappa shape index (κ3) is 5.74. The molecule has 220 valence electrons. The highest BCUT2D eigenvalue weighted by Gasteiger charge is 2.42. The Labute approximate surface area is 239 Å². The molecule has 1 aromatic heterocycles. The van der Waals surface area contributed by atoms with Gasteiger partial charge in [-0.15, -0.1) is 0 Å². The molecule has 3 heterocycles. The molecule has 2 amide bonds. The van der Waals surface area contributed by atoms with Gasteiger partial charge < -0.3 is 24.4 Å². The van der Waals surface area contributed by atoms with Gasteiger partial charge in [0.2, 0.25) is 5.43 Å². The lowest BCUT2D eigenvalue weighted by molar-refractivity contribution is 0.0435. The molecule has 0 saturated carbocycles. The summed E-state index contributed by atoms with van der Waals surface area (Å²) in [7, 11) is 0. The average Bonchev–Trinajstić information content (AvgIpc) is 2.97. The predicted molar refractivity (Wildman–Crippen MR) is 147 cm³/mol. The Morgan fingerprint density at radius 1 is 1.17 bits per heavy atom. The predicted octanol–water partition coefficient (Wildman–Crippen LogP) is 4.16. The van der Waals surface area contributed by atoms with Gasteiger partial charge in [-0.2, -0.15) is 0 Å². The summed E-state index contributed by atoms with van der Waals surface area (Å²) >= 11 is 0. The van der Waals surface area contributed by atoms with Crippen LogP contribution in [0.2, 0.25) is 0 Å². The van der Waals surface area contributed by atoms with E-state index in [-0.39, 0.29) is 49.3 Å². The molecular weight excluding hydrogens is 553 g/mol. The Bertz CT molecular complexity index is 1590. The Hall–Kier alpha value is -4.61. The quantitative estimate of drug-likeness (QED) is 0.471. The van der Waals surface area contributed by atoms with Crippen molar-refractivity contribution >= 4 is 17.5 Å². The summed E-state index contributed by atoms with van der Waals surface area (Å²) in [5.74, 6) is -3.51. The van der Waals surface area contributed by atoms with Gasteiger partial charge in [-0.05, 0) is 25.5 Å². The van der Waals surface area contributed by atoms with Gasteiger partial charge in [0, 0.05) is 43.4 Å². The SMILES string of the molecule is C/C1=N/OCC[C@H](C)N2C[C@H](C1F)n1cc(C(=O)NCc3ccc(F)cc3F)c(=O)c(OCc3ccccc3)c1C2=O. The van der Waals surface area contributed by atoms with E-state index in [1.807, 2.05) is 6.07 Å². The highest BCUT2D eigenvalue weighted by atomic mass is 19.1. The second-order valence-electron chi connectivity index (χ2n) is 10.3. The number of pyridine rings is 1. The van der Waals surface area contributed by atoms with Crippen molar-refractivity contribution < 1.29 is 32.3 Å². The van der Waals surface area contributed by atoms with E-state index >= 15 is 4.39 Å². The van der Waals surface area contributed by atoms with E-state index in [1.54, 1.807) is 31.2 Å². The number of carbonyl (C=O) groups excluding carboxylic acids is 2.